The molecule has 1 aromatic carbocycles. The van der Waals surface area contributed by atoms with Gasteiger partial charge in [0.25, 0.3) is 0 Å². The predicted molar refractivity (Wildman–Crippen MR) is 66.8 cm³/mol. The summed E-state index contributed by atoms with van der Waals surface area (Å²) >= 11 is 0. The van der Waals surface area contributed by atoms with E-state index in [4.69, 9.17) is 5.73 Å². The lowest BCUT2D eigenvalue weighted by Gasteiger charge is -2.36. The van der Waals surface area contributed by atoms with Gasteiger partial charge in [-0.05, 0) is 12.1 Å². The molecule has 0 unspecified atom stereocenters. The highest BCUT2D eigenvalue weighted by molar-refractivity contribution is 5.30. The molecule has 3 rings (SSSR count). The molecule has 2 aromatic rings. The van der Waals surface area contributed by atoms with E-state index in [0.717, 1.165) is 25.3 Å². The van der Waals surface area contributed by atoms with Crippen LogP contribution in [0.4, 0.5) is 0 Å². The van der Waals surface area contributed by atoms with Crippen LogP contribution in [0.25, 0.3) is 5.69 Å². The van der Waals surface area contributed by atoms with Crippen molar-refractivity contribution in [2.24, 2.45) is 5.73 Å². The van der Waals surface area contributed by atoms with Gasteiger partial charge in [0.1, 0.15) is 0 Å². The monoisotopic (exact) mass is 228 g/mol. The summed E-state index contributed by atoms with van der Waals surface area (Å²) < 4.78 is 1.91. The third kappa shape index (κ3) is 2.23. The molecule has 0 aliphatic carbocycles. The number of nitrogens with zero attached hydrogens (tertiary/aromatic N) is 3. The van der Waals surface area contributed by atoms with Crippen LogP contribution in [0, 0.1) is 0 Å². The highest BCUT2D eigenvalue weighted by Gasteiger charge is 2.22. The zero-order valence-corrected chi connectivity index (χ0v) is 9.66. The van der Waals surface area contributed by atoms with Gasteiger partial charge in [0.15, 0.2) is 0 Å². The van der Waals surface area contributed by atoms with E-state index < -0.39 is 0 Å². The SMILES string of the molecule is NC1CN(Cc2cnn(-c3ccccc3)c2)C1. The number of likely N-dealkylation sites (tertiary alicyclic amines) is 1. The first-order chi connectivity index (χ1) is 8.31. The van der Waals surface area contributed by atoms with Gasteiger partial charge in [0, 0.05) is 37.4 Å². The molecule has 0 saturated carbocycles. The Bertz CT molecular complexity index is 485. The third-order valence-electron chi connectivity index (χ3n) is 3.05. The molecule has 88 valence electrons. The summed E-state index contributed by atoms with van der Waals surface area (Å²) in [7, 11) is 0. The van der Waals surface area contributed by atoms with Gasteiger partial charge in [-0.2, -0.15) is 5.10 Å². The number of aromatic nitrogens is 2. The average molecular weight is 228 g/mol. The van der Waals surface area contributed by atoms with E-state index in [-0.39, 0.29) is 0 Å². The first kappa shape index (κ1) is 10.5. The van der Waals surface area contributed by atoms with Crippen LogP contribution < -0.4 is 5.73 Å². The molecule has 1 aromatic heterocycles. The fourth-order valence-electron chi connectivity index (χ4n) is 2.16. The van der Waals surface area contributed by atoms with Crippen LogP contribution in [0.3, 0.4) is 0 Å². The first-order valence-corrected chi connectivity index (χ1v) is 5.88. The standard InChI is InChI=1S/C13H16N4/c14-12-9-16(10-12)7-11-6-15-17(8-11)13-4-2-1-3-5-13/h1-6,8,12H,7,9-10,14H2. The fraction of sp³-hybridized carbons (Fsp3) is 0.308. The maximum Gasteiger partial charge on any atom is 0.0645 e. The third-order valence-corrected chi connectivity index (χ3v) is 3.05. The van der Waals surface area contributed by atoms with Gasteiger partial charge in [-0.1, -0.05) is 18.2 Å². The summed E-state index contributed by atoms with van der Waals surface area (Å²) in [5.41, 5.74) is 8.09. The molecule has 4 nitrogen and oxygen atoms in total. The highest BCUT2D eigenvalue weighted by atomic mass is 15.3. The lowest BCUT2D eigenvalue weighted by molar-refractivity contribution is 0.142. The van der Waals surface area contributed by atoms with Gasteiger partial charge in [-0.3, -0.25) is 4.90 Å². The van der Waals surface area contributed by atoms with Crippen molar-refractivity contribution in [1.82, 2.24) is 14.7 Å². The van der Waals surface area contributed by atoms with Crippen LogP contribution in [0.2, 0.25) is 0 Å². The van der Waals surface area contributed by atoms with E-state index in [1.165, 1.54) is 5.56 Å². The number of para-hydroxylation sites is 1. The highest BCUT2D eigenvalue weighted by Crippen LogP contribution is 2.13. The molecule has 1 aliphatic rings. The van der Waals surface area contributed by atoms with Gasteiger partial charge < -0.3 is 5.73 Å². The van der Waals surface area contributed by atoms with Gasteiger partial charge in [0.05, 0.1) is 11.9 Å². The summed E-state index contributed by atoms with van der Waals surface area (Å²) in [6.45, 7) is 2.94. The number of hydrogen-bond acceptors (Lipinski definition) is 3. The van der Waals surface area contributed by atoms with E-state index in [2.05, 4.69) is 28.3 Å². The number of hydrogen-bond donors (Lipinski definition) is 1. The predicted octanol–water partition coefficient (Wildman–Crippen LogP) is 1.02. The Kier molecular flexibility index (Phi) is 2.66. The number of rotatable bonds is 3. The Labute approximate surface area is 101 Å². The molecule has 0 spiro atoms. The molecule has 17 heavy (non-hydrogen) atoms. The quantitative estimate of drug-likeness (QED) is 0.853. The van der Waals surface area contributed by atoms with Crippen molar-refractivity contribution in [1.29, 1.82) is 0 Å². The summed E-state index contributed by atoms with van der Waals surface area (Å²) in [6.07, 6.45) is 4.01. The van der Waals surface area contributed by atoms with Crippen molar-refractivity contribution in [3.05, 3.63) is 48.3 Å². The zero-order valence-electron chi connectivity index (χ0n) is 9.66. The van der Waals surface area contributed by atoms with Crippen molar-refractivity contribution >= 4 is 0 Å². The minimum absolute atomic E-state index is 0.360. The Morgan fingerprint density at radius 1 is 1.24 bits per heavy atom. The summed E-state index contributed by atoms with van der Waals surface area (Å²) in [6, 6.07) is 10.5. The average Bonchev–Trinajstić information content (AvgIpc) is 2.77. The van der Waals surface area contributed by atoms with Crippen LogP contribution >= 0.6 is 0 Å². The van der Waals surface area contributed by atoms with E-state index >= 15 is 0 Å². The lowest BCUT2D eigenvalue weighted by Crippen LogP contribution is -2.54. The Balaban J connectivity index is 1.70. The topological polar surface area (TPSA) is 47.1 Å². The second-order valence-corrected chi connectivity index (χ2v) is 4.58. The van der Waals surface area contributed by atoms with E-state index in [1.807, 2.05) is 29.1 Å². The van der Waals surface area contributed by atoms with Crippen molar-refractivity contribution in [3.8, 4) is 5.69 Å². The largest absolute Gasteiger partial charge is 0.325 e. The van der Waals surface area contributed by atoms with Crippen molar-refractivity contribution in [2.75, 3.05) is 13.1 Å². The van der Waals surface area contributed by atoms with E-state index in [1.54, 1.807) is 0 Å². The lowest BCUT2D eigenvalue weighted by atomic mass is 10.1. The molecule has 1 fully saturated rings. The van der Waals surface area contributed by atoms with E-state index in [0.29, 0.717) is 6.04 Å². The first-order valence-electron chi connectivity index (χ1n) is 5.88. The number of benzene rings is 1. The van der Waals surface area contributed by atoms with Gasteiger partial charge >= 0.3 is 0 Å². The molecule has 4 heteroatoms. The Morgan fingerprint density at radius 2 is 2.00 bits per heavy atom. The molecular weight excluding hydrogens is 212 g/mol. The van der Waals surface area contributed by atoms with Crippen molar-refractivity contribution < 1.29 is 0 Å². The summed E-state index contributed by atoms with van der Waals surface area (Å²) in [5, 5.41) is 4.38. The molecular formula is C13H16N4. The van der Waals surface area contributed by atoms with Crippen LogP contribution in [0.1, 0.15) is 5.56 Å². The smallest absolute Gasteiger partial charge is 0.0645 e. The summed E-state index contributed by atoms with van der Waals surface area (Å²) in [5.74, 6) is 0. The molecule has 0 amide bonds. The molecule has 1 saturated heterocycles. The van der Waals surface area contributed by atoms with Gasteiger partial charge in [-0.15, -0.1) is 0 Å². The van der Waals surface area contributed by atoms with Crippen LogP contribution in [-0.4, -0.2) is 33.8 Å². The molecule has 2 N–H and O–H groups in total. The Hall–Kier alpha value is -1.65. The van der Waals surface area contributed by atoms with E-state index in [9.17, 15) is 0 Å². The van der Waals surface area contributed by atoms with Gasteiger partial charge in [-0.25, -0.2) is 4.68 Å². The molecule has 1 aliphatic heterocycles. The fourth-order valence-corrected chi connectivity index (χ4v) is 2.16. The second-order valence-electron chi connectivity index (χ2n) is 4.58. The minimum atomic E-state index is 0.360. The second kappa shape index (κ2) is 4.31. The molecule has 0 radical (unpaired) electrons. The van der Waals surface area contributed by atoms with Crippen molar-refractivity contribution in [3.63, 3.8) is 0 Å². The normalized spacial score (nSPS) is 17.0. The molecule has 0 bridgehead atoms. The summed E-state index contributed by atoms with van der Waals surface area (Å²) in [4.78, 5) is 2.33. The minimum Gasteiger partial charge on any atom is -0.325 e. The van der Waals surface area contributed by atoms with Crippen LogP contribution in [0.15, 0.2) is 42.7 Å². The maximum atomic E-state index is 5.76. The molecule has 2 heterocycles. The molecule has 0 atom stereocenters. The van der Waals surface area contributed by atoms with Crippen LogP contribution in [-0.2, 0) is 6.54 Å². The zero-order chi connectivity index (χ0) is 11.7. The van der Waals surface area contributed by atoms with Gasteiger partial charge in [0.2, 0.25) is 0 Å². The number of nitrogens with two attached hydrogens (primary N) is 1. The van der Waals surface area contributed by atoms with Crippen molar-refractivity contribution in [2.45, 2.75) is 12.6 Å². The van der Waals surface area contributed by atoms with Crippen LogP contribution in [0.5, 0.6) is 0 Å². The maximum absolute atomic E-state index is 5.76. The Morgan fingerprint density at radius 3 is 2.71 bits per heavy atom.